The van der Waals surface area contributed by atoms with Crippen LogP contribution in [0.25, 0.3) is 21.6 Å². The van der Waals surface area contributed by atoms with E-state index in [4.69, 9.17) is 4.74 Å². The molecule has 1 saturated heterocycles. The molecule has 0 unspecified atom stereocenters. The van der Waals surface area contributed by atoms with Crippen LogP contribution in [0.1, 0.15) is 94.2 Å². The Hall–Kier alpha value is -6.31. The fraction of sp³-hybridized carbons (Fsp3) is 0.400. The quantitative estimate of drug-likeness (QED) is 0.0486. The molecule has 5 aromatic rings. The van der Waals surface area contributed by atoms with Crippen LogP contribution in [0.2, 0.25) is 0 Å². The van der Waals surface area contributed by atoms with Crippen LogP contribution in [0, 0.1) is 29.6 Å². The van der Waals surface area contributed by atoms with E-state index in [9.17, 15) is 29.4 Å². The highest BCUT2D eigenvalue weighted by Gasteiger charge is 2.57. The molecule has 4 aromatic carbocycles. The molecular weight excluding hydrogens is 875 g/mol. The van der Waals surface area contributed by atoms with Crippen molar-refractivity contribution in [3.05, 3.63) is 137 Å². The van der Waals surface area contributed by atoms with E-state index in [-0.39, 0.29) is 66.1 Å². The lowest BCUT2D eigenvalue weighted by Crippen LogP contribution is -2.61. The number of phenols is 1. The van der Waals surface area contributed by atoms with Gasteiger partial charge in [-0.1, -0.05) is 107 Å². The average Bonchev–Trinajstić information content (AvgIpc) is 3.92. The van der Waals surface area contributed by atoms with Gasteiger partial charge in [0.25, 0.3) is 0 Å². The molecule has 1 spiro atoms. The minimum atomic E-state index is -0.900. The summed E-state index contributed by atoms with van der Waals surface area (Å²) in [6.45, 7) is 10.7. The number of aryl methyl sites for hydroxylation is 1. The Morgan fingerprint density at radius 3 is 2.06 bits per heavy atom. The highest BCUT2D eigenvalue weighted by Crippen LogP contribution is 2.61. The van der Waals surface area contributed by atoms with Crippen LogP contribution < -0.4 is 20.7 Å². The Bertz CT molecular complexity index is 2610. The number of hydrogen-bond donors (Lipinski definition) is 5. The molecule has 3 aliphatic rings. The number of rotatable bonds is 16. The summed E-state index contributed by atoms with van der Waals surface area (Å²) in [5.74, 6) is -0.427. The topological polar surface area (TPSA) is 170 Å². The van der Waals surface area contributed by atoms with E-state index in [0.717, 1.165) is 50.4 Å². The van der Waals surface area contributed by atoms with Gasteiger partial charge < -0.3 is 35.8 Å². The van der Waals surface area contributed by atoms with Crippen molar-refractivity contribution in [1.82, 2.24) is 25.8 Å². The van der Waals surface area contributed by atoms with Crippen molar-refractivity contribution in [3.8, 4) is 21.9 Å². The first-order valence-electron chi connectivity index (χ1n) is 23.8. The minimum Gasteiger partial charge on any atom is -0.508 e. The SMILES string of the molecule is CC/C(=C(\c1ccc(O)cc1)c1ccc(OCCNC(=O)C2CC3(C2)CC(C(=O)N[C@H](C(=O)N2C[C@H](O)C[C@H]2C(=O)NCc2ccc(-c4scnc4C)cc2)C(C)(C)C)C3)cc1)c1ccccc1. The minimum absolute atomic E-state index is 0.00840. The first kappa shape index (κ1) is 48.2. The van der Waals surface area contributed by atoms with E-state index in [1.165, 1.54) is 10.5 Å². The molecule has 8 rings (SSSR count). The highest BCUT2D eigenvalue weighted by atomic mass is 32.1. The Balaban J connectivity index is 0.783. The number of likely N-dealkylation sites (tertiary alicyclic amines) is 1. The lowest BCUT2D eigenvalue weighted by Gasteiger charge is -2.56. The summed E-state index contributed by atoms with van der Waals surface area (Å²) >= 11 is 1.58. The molecule has 0 radical (unpaired) electrons. The molecule has 68 heavy (non-hydrogen) atoms. The van der Waals surface area contributed by atoms with Crippen molar-refractivity contribution < 1.29 is 34.1 Å². The molecular formula is C55H63N5O7S. The number of carbonyl (C=O) groups excluding carboxylic acids is 4. The number of nitrogens with one attached hydrogen (secondary N) is 3. The predicted molar refractivity (Wildman–Crippen MR) is 265 cm³/mol. The number of nitrogens with zero attached hydrogens (tertiary/aromatic N) is 2. The molecule has 12 nitrogen and oxygen atoms in total. The number of aliphatic hydroxyl groups is 1. The van der Waals surface area contributed by atoms with Crippen LogP contribution in [-0.2, 0) is 25.7 Å². The number of aromatic nitrogens is 1. The first-order valence-corrected chi connectivity index (χ1v) is 24.6. The molecule has 356 valence electrons. The molecule has 3 atom stereocenters. The van der Waals surface area contributed by atoms with Gasteiger partial charge in [-0.15, -0.1) is 11.3 Å². The van der Waals surface area contributed by atoms with Gasteiger partial charge in [0.1, 0.15) is 30.2 Å². The van der Waals surface area contributed by atoms with Gasteiger partial charge in [-0.25, -0.2) is 4.98 Å². The van der Waals surface area contributed by atoms with Crippen molar-refractivity contribution >= 4 is 46.1 Å². The number of phenolic OH excluding ortho intramolecular Hbond substituents is 1. The summed E-state index contributed by atoms with van der Waals surface area (Å²) in [7, 11) is 0. The number of thiazole rings is 1. The van der Waals surface area contributed by atoms with Gasteiger partial charge in [0.05, 0.1) is 28.7 Å². The van der Waals surface area contributed by atoms with Gasteiger partial charge in [-0.3, -0.25) is 19.2 Å². The fourth-order valence-electron chi connectivity index (χ4n) is 10.2. The second kappa shape index (κ2) is 20.5. The van der Waals surface area contributed by atoms with Crippen LogP contribution in [0.5, 0.6) is 11.5 Å². The molecule has 4 amide bonds. The summed E-state index contributed by atoms with van der Waals surface area (Å²) < 4.78 is 6.03. The first-order chi connectivity index (χ1) is 32.6. The zero-order valence-electron chi connectivity index (χ0n) is 39.6. The van der Waals surface area contributed by atoms with E-state index in [1.54, 1.807) is 23.5 Å². The highest BCUT2D eigenvalue weighted by molar-refractivity contribution is 7.13. The average molecular weight is 938 g/mol. The number of allylic oxidation sites excluding steroid dienone is 1. The van der Waals surface area contributed by atoms with Crippen LogP contribution >= 0.6 is 11.3 Å². The van der Waals surface area contributed by atoms with Crippen LogP contribution in [0.15, 0.2) is 109 Å². The number of carbonyl (C=O) groups is 4. The van der Waals surface area contributed by atoms with Crippen molar-refractivity contribution in [1.29, 1.82) is 0 Å². The van der Waals surface area contributed by atoms with E-state index >= 15 is 0 Å². The molecule has 2 saturated carbocycles. The lowest BCUT2D eigenvalue weighted by molar-refractivity contribution is -0.153. The van der Waals surface area contributed by atoms with Gasteiger partial charge in [-0.2, -0.15) is 0 Å². The molecule has 13 heteroatoms. The second-order valence-electron chi connectivity index (χ2n) is 19.9. The largest absolute Gasteiger partial charge is 0.508 e. The molecule has 2 aliphatic carbocycles. The lowest BCUT2D eigenvalue weighted by atomic mass is 9.48. The van der Waals surface area contributed by atoms with Gasteiger partial charge in [0.2, 0.25) is 23.6 Å². The molecule has 3 fully saturated rings. The maximum atomic E-state index is 14.2. The fourth-order valence-corrected chi connectivity index (χ4v) is 11.0. The van der Waals surface area contributed by atoms with E-state index in [1.807, 2.05) is 112 Å². The summed E-state index contributed by atoms with van der Waals surface area (Å²) in [5, 5.41) is 29.7. The van der Waals surface area contributed by atoms with Crippen LogP contribution in [-0.4, -0.2) is 81.6 Å². The molecule has 0 bridgehead atoms. The van der Waals surface area contributed by atoms with Crippen molar-refractivity contribution in [2.75, 3.05) is 19.7 Å². The Morgan fingerprint density at radius 1 is 0.824 bits per heavy atom. The normalized spacial score (nSPS) is 21.8. The zero-order chi connectivity index (χ0) is 48.2. The third-order valence-corrected chi connectivity index (χ3v) is 14.9. The van der Waals surface area contributed by atoms with Gasteiger partial charge in [0, 0.05) is 31.3 Å². The molecule has 1 aromatic heterocycles. The van der Waals surface area contributed by atoms with E-state index < -0.39 is 23.6 Å². The number of ether oxygens (including phenoxy) is 1. The number of amides is 4. The standard InChI is InChI=1S/C55H63N5O7S/c1-6-45(36-10-8-7-9-11-36)47(37-16-20-42(61)21-17-37)38-18-22-44(23-19-38)67-25-24-56-50(63)40-27-55(28-40)29-41(30-55)51(64)59-49(54(3,4)5)53(66)60-32-43(62)26-46(60)52(65)57-31-35-12-14-39(15-13-35)48-34(2)58-33-68-48/h7-23,33,40-41,43,46,49,61-62H,6,24-32H2,1-5H3,(H,56,63)(H,57,65)(H,59,64)/b47-45-/t40?,41?,43-,46+,49-,55?/m1/s1. The Morgan fingerprint density at radius 2 is 1.46 bits per heavy atom. The van der Waals surface area contributed by atoms with Gasteiger partial charge in [-0.05, 0) is 113 Å². The van der Waals surface area contributed by atoms with Crippen LogP contribution in [0.4, 0.5) is 0 Å². The monoisotopic (exact) mass is 937 g/mol. The predicted octanol–water partition coefficient (Wildman–Crippen LogP) is 8.30. The third-order valence-electron chi connectivity index (χ3n) is 13.9. The van der Waals surface area contributed by atoms with Crippen molar-refractivity contribution in [3.63, 3.8) is 0 Å². The molecule has 2 heterocycles. The summed E-state index contributed by atoms with van der Waals surface area (Å²) in [6.07, 6.45) is 2.81. The van der Waals surface area contributed by atoms with Gasteiger partial charge in [0.15, 0.2) is 0 Å². The summed E-state index contributed by atoms with van der Waals surface area (Å²) in [4.78, 5) is 61.4. The summed E-state index contributed by atoms with van der Waals surface area (Å²) in [5.41, 5.74) is 9.50. The van der Waals surface area contributed by atoms with E-state index in [0.29, 0.717) is 44.6 Å². The van der Waals surface area contributed by atoms with E-state index in [2.05, 4.69) is 40.0 Å². The maximum Gasteiger partial charge on any atom is 0.246 e. The number of aliphatic hydroxyl groups excluding tert-OH is 1. The summed E-state index contributed by atoms with van der Waals surface area (Å²) in [6, 6.07) is 31.7. The van der Waals surface area contributed by atoms with Crippen molar-refractivity contribution in [2.45, 2.75) is 97.9 Å². The maximum absolute atomic E-state index is 14.2. The van der Waals surface area contributed by atoms with Crippen LogP contribution in [0.3, 0.4) is 0 Å². The molecule has 5 N–H and O–H groups in total. The number of aromatic hydroxyl groups is 1. The van der Waals surface area contributed by atoms with Gasteiger partial charge >= 0.3 is 0 Å². The molecule has 1 aliphatic heterocycles. The van der Waals surface area contributed by atoms with Crippen molar-refractivity contribution in [2.24, 2.45) is 22.7 Å². The smallest absolute Gasteiger partial charge is 0.246 e. The number of β-amino-alcohol motifs (C(OH)–C–C–N with tert-alkyl or cyclic N) is 1. The number of benzene rings is 4. The Kier molecular flexibility index (Phi) is 14.5. The Labute approximate surface area is 403 Å². The third kappa shape index (κ3) is 10.8. The second-order valence-corrected chi connectivity index (χ2v) is 20.7. The number of hydrogen-bond acceptors (Lipinski definition) is 9. The zero-order valence-corrected chi connectivity index (χ0v) is 40.4.